The lowest BCUT2D eigenvalue weighted by Crippen LogP contribution is -2.05. The Bertz CT molecular complexity index is 956. The first kappa shape index (κ1) is 20.1. The summed E-state index contributed by atoms with van der Waals surface area (Å²) in [7, 11) is 0. The maximum Gasteiger partial charge on any atom is 0.159 e. The molecule has 7 heteroatoms. The number of hydrogen-bond acceptors (Lipinski definition) is 7. The van der Waals surface area contributed by atoms with E-state index in [0.29, 0.717) is 29.5 Å². The van der Waals surface area contributed by atoms with Crippen LogP contribution in [0.3, 0.4) is 0 Å². The zero-order valence-corrected chi connectivity index (χ0v) is 16.6. The summed E-state index contributed by atoms with van der Waals surface area (Å²) in [4.78, 5) is 19.8. The highest BCUT2D eigenvalue weighted by atomic mass is 16.5. The summed E-state index contributed by atoms with van der Waals surface area (Å²) < 4.78 is 5.67. The average Bonchev–Trinajstić information content (AvgIpc) is 2.73. The number of nitrogens with one attached hydrogen (secondary N) is 2. The van der Waals surface area contributed by atoms with Crippen LogP contribution < -0.4 is 21.1 Å². The molecule has 29 heavy (non-hydrogen) atoms. The summed E-state index contributed by atoms with van der Waals surface area (Å²) in [5.41, 5.74) is 8.90. The van der Waals surface area contributed by atoms with E-state index in [4.69, 9.17) is 10.5 Å². The Morgan fingerprint density at radius 1 is 0.966 bits per heavy atom. The smallest absolute Gasteiger partial charge is 0.159 e. The number of nitrogen functional groups attached to an aromatic ring is 1. The van der Waals surface area contributed by atoms with Crippen molar-refractivity contribution in [3.05, 3.63) is 60.4 Å². The quantitative estimate of drug-likeness (QED) is 0.351. The molecule has 0 aliphatic carbocycles. The zero-order valence-electron chi connectivity index (χ0n) is 16.6. The molecule has 0 spiro atoms. The summed E-state index contributed by atoms with van der Waals surface area (Å²) in [5, 5.41) is 6.36. The Kier molecular flexibility index (Phi) is 6.63. The molecule has 0 saturated carbocycles. The Labute approximate surface area is 170 Å². The Morgan fingerprint density at radius 3 is 2.03 bits per heavy atom. The number of nitrogens with two attached hydrogens (primary N) is 1. The molecule has 3 aromatic rings. The second-order valence-electron chi connectivity index (χ2n) is 6.59. The standard InChI is InChI=1S/C22H25N5O2/c1-3-4-13-29-19-11-9-18(10-12-19)27-22-20(23)21(24-14-25-22)26-17-7-5-16(6-8-17)15(2)28/h5-12,14H,3-4,13,23H2,1-2H3,(H2,24,25,26,27). The van der Waals surface area contributed by atoms with Crippen LogP contribution in [0.15, 0.2) is 54.9 Å². The number of carbonyl (C=O) groups excluding carboxylic acids is 1. The van der Waals surface area contributed by atoms with Gasteiger partial charge in [0.2, 0.25) is 0 Å². The summed E-state index contributed by atoms with van der Waals surface area (Å²) in [6.45, 7) is 4.38. The third kappa shape index (κ3) is 5.44. The van der Waals surface area contributed by atoms with Crippen LogP contribution in [0.25, 0.3) is 0 Å². The number of carbonyl (C=O) groups is 1. The van der Waals surface area contributed by atoms with Gasteiger partial charge in [-0.2, -0.15) is 0 Å². The summed E-state index contributed by atoms with van der Waals surface area (Å²) >= 11 is 0. The lowest BCUT2D eigenvalue weighted by atomic mass is 10.1. The molecule has 0 unspecified atom stereocenters. The Balaban J connectivity index is 1.69. The number of hydrogen-bond donors (Lipinski definition) is 3. The number of ketones is 1. The van der Waals surface area contributed by atoms with Crippen LogP contribution in [0.1, 0.15) is 37.0 Å². The molecule has 2 aromatic carbocycles. The highest BCUT2D eigenvalue weighted by Crippen LogP contribution is 2.28. The SMILES string of the molecule is CCCCOc1ccc(Nc2ncnc(Nc3ccc(C(C)=O)cc3)c2N)cc1. The molecule has 0 atom stereocenters. The number of ether oxygens (including phenoxy) is 1. The highest BCUT2D eigenvalue weighted by Gasteiger charge is 2.09. The molecule has 3 rings (SSSR count). The van der Waals surface area contributed by atoms with Crippen LogP contribution in [0.4, 0.5) is 28.7 Å². The number of aromatic nitrogens is 2. The molecule has 0 fully saturated rings. The second-order valence-corrected chi connectivity index (χ2v) is 6.59. The van der Waals surface area contributed by atoms with E-state index in [2.05, 4.69) is 27.5 Å². The molecule has 0 saturated heterocycles. The first-order valence-electron chi connectivity index (χ1n) is 9.55. The van der Waals surface area contributed by atoms with Crippen LogP contribution >= 0.6 is 0 Å². The molecule has 0 aliphatic heterocycles. The minimum Gasteiger partial charge on any atom is -0.494 e. The first-order valence-corrected chi connectivity index (χ1v) is 9.55. The number of Topliss-reactive ketones (excluding diaryl/α,β-unsaturated/α-hetero) is 1. The van der Waals surface area contributed by atoms with Crippen LogP contribution in [-0.4, -0.2) is 22.4 Å². The van der Waals surface area contributed by atoms with Gasteiger partial charge in [0, 0.05) is 16.9 Å². The number of rotatable bonds is 9. The third-order valence-corrected chi connectivity index (χ3v) is 4.32. The van der Waals surface area contributed by atoms with Crippen molar-refractivity contribution in [3.63, 3.8) is 0 Å². The van der Waals surface area contributed by atoms with Crippen LogP contribution in [-0.2, 0) is 0 Å². The molecule has 1 heterocycles. The van der Waals surface area contributed by atoms with E-state index in [1.807, 2.05) is 36.4 Å². The van der Waals surface area contributed by atoms with E-state index < -0.39 is 0 Å². The van der Waals surface area contributed by atoms with Crippen molar-refractivity contribution in [2.24, 2.45) is 0 Å². The molecule has 1 aromatic heterocycles. The fraction of sp³-hybridized carbons (Fsp3) is 0.227. The van der Waals surface area contributed by atoms with Gasteiger partial charge in [0.1, 0.15) is 17.8 Å². The predicted octanol–water partition coefficient (Wildman–Crippen LogP) is 4.93. The highest BCUT2D eigenvalue weighted by molar-refractivity contribution is 5.94. The molecular weight excluding hydrogens is 366 g/mol. The van der Waals surface area contributed by atoms with Crippen LogP contribution in [0.5, 0.6) is 5.75 Å². The fourth-order valence-corrected chi connectivity index (χ4v) is 2.63. The van der Waals surface area contributed by atoms with Gasteiger partial charge < -0.3 is 21.1 Å². The molecule has 4 N–H and O–H groups in total. The van der Waals surface area contributed by atoms with Gasteiger partial charge in [-0.05, 0) is 61.9 Å². The van der Waals surface area contributed by atoms with Gasteiger partial charge in [0.05, 0.1) is 6.61 Å². The summed E-state index contributed by atoms with van der Waals surface area (Å²) in [6, 6.07) is 14.8. The van der Waals surface area contributed by atoms with E-state index in [1.165, 1.54) is 13.3 Å². The first-order chi connectivity index (χ1) is 14.1. The average molecular weight is 391 g/mol. The maximum atomic E-state index is 11.4. The predicted molar refractivity (Wildman–Crippen MR) is 116 cm³/mol. The van der Waals surface area contributed by atoms with Crippen molar-refractivity contribution in [1.82, 2.24) is 9.97 Å². The monoisotopic (exact) mass is 391 g/mol. The molecule has 150 valence electrons. The van der Waals surface area contributed by atoms with Gasteiger partial charge in [-0.1, -0.05) is 13.3 Å². The Hall–Kier alpha value is -3.61. The van der Waals surface area contributed by atoms with Crippen molar-refractivity contribution in [3.8, 4) is 5.75 Å². The Morgan fingerprint density at radius 2 is 1.52 bits per heavy atom. The van der Waals surface area contributed by atoms with Gasteiger partial charge in [-0.25, -0.2) is 9.97 Å². The maximum absolute atomic E-state index is 11.4. The molecule has 0 radical (unpaired) electrons. The fourth-order valence-electron chi connectivity index (χ4n) is 2.63. The van der Waals surface area contributed by atoms with E-state index in [0.717, 1.165) is 30.0 Å². The second kappa shape index (κ2) is 9.54. The van der Waals surface area contributed by atoms with Crippen LogP contribution in [0, 0.1) is 0 Å². The zero-order chi connectivity index (χ0) is 20.6. The lowest BCUT2D eigenvalue weighted by Gasteiger charge is -2.13. The van der Waals surface area contributed by atoms with Gasteiger partial charge >= 0.3 is 0 Å². The number of anilines is 5. The van der Waals surface area contributed by atoms with E-state index in [1.54, 1.807) is 12.1 Å². The molecule has 0 amide bonds. The van der Waals surface area contributed by atoms with Gasteiger partial charge in [-0.3, -0.25) is 4.79 Å². The lowest BCUT2D eigenvalue weighted by molar-refractivity contribution is 0.101. The van der Waals surface area contributed by atoms with E-state index in [-0.39, 0.29) is 5.78 Å². The number of benzene rings is 2. The minimum absolute atomic E-state index is 0.0198. The van der Waals surface area contributed by atoms with E-state index >= 15 is 0 Å². The van der Waals surface area contributed by atoms with Crippen molar-refractivity contribution in [2.45, 2.75) is 26.7 Å². The molecule has 0 aliphatic rings. The summed E-state index contributed by atoms with van der Waals surface area (Å²) in [5.74, 6) is 1.84. The minimum atomic E-state index is 0.0198. The van der Waals surface area contributed by atoms with E-state index in [9.17, 15) is 4.79 Å². The normalized spacial score (nSPS) is 10.4. The number of unbranched alkanes of at least 4 members (excludes halogenated alkanes) is 1. The van der Waals surface area contributed by atoms with Crippen molar-refractivity contribution >= 4 is 34.5 Å². The van der Waals surface area contributed by atoms with Crippen LogP contribution in [0.2, 0.25) is 0 Å². The topological polar surface area (TPSA) is 102 Å². The molecular formula is C22H25N5O2. The van der Waals surface area contributed by atoms with Gasteiger partial charge in [-0.15, -0.1) is 0 Å². The molecule has 7 nitrogen and oxygen atoms in total. The van der Waals surface area contributed by atoms with Gasteiger partial charge in [0.15, 0.2) is 17.4 Å². The third-order valence-electron chi connectivity index (χ3n) is 4.32. The van der Waals surface area contributed by atoms with Crippen molar-refractivity contribution < 1.29 is 9.53 Å². The number of nitrogens with zero attached hydrogens (tertiary/aromatic N) is 2. The van der Waals surface area contributed by atoms with Gasteiger partial charge in [0.25, 0.3) is 0 Å². The molecule has 0 bridgehead atoms. The van der Waals surface area contributed by atoms with Crippen molar-refractivity contribution in [1.29, 1.82) is 0 Å². The summed E-state index contributed by atoms with van der Waals surface area (Å²) in [6.07, 6.45) is 3.57. The van der Waals surface area contributed by atoms with Crippen molar-refractivity contribution in [2.75, 3.05) is 23.0 Å². The largest absolute Gasteiger partial charge is 0.494 e.